The highest BCUT2D eigenvalue weighted by molar-refractivity contribution is 5.72. The average molecular weight is 202 g/mol. The molecule has 0 unspecified atom stereocenters. The van der Waals surface area contributed by atoms with Gasteiger partial charge in [0, 0.05) is 12.5 Å². The zero-order chi connectivity index (χ0) is 11.2. The number of nitrogens with one attached hydrogen (secondary N) is 2. The lowest BCUT2D eigenvalue weighted by molar-refractivity contribution is -0.119. The summed E-state index contributed by atoms with van der Waals surface area (Å²) in [6, 6.07) is 0. The van der Waals surface area contributed by atoms with Gasteiger partial charge in [-0.15, -0.1) is 0 Å². The first-order chi connectivity index (χ1) is 6.31. The van der Waals surface area contributed by atoms with Gasteiger partial charge in [-0.3, -0.25) is 4.79 Å². The lowest BCUT2D eigenvalue weighted by atomic mass is 10.1. The molecule has 0 aliphatic rings. The molecule has 0 bridgehead atoms. The first kappa shape index (κ1) is 12.7. The molecule has 0 rings (SSSR count). The highest BCUT2D eigenvalue weighted by Gasteiger charge is 2.13. The fraction of sp³-hybridized carbons (Fsp3) is 0.778. The Morgan fingerprint density at radius 2 is 1.86 bits per heavy atom. The van der Waals surface area contributed by atoms with Crippen LogP contribution in [-0.2, 0) is 9.53 Å². The zero-order valence-corrected chi connectivity index (χ0v) is 9.14. The Labute approximate surface area is 84.2 Å². The van der Waals surface area contributed by atoms with Crippen molar-refractivity contribution in [3.8, 4) is 0 Å². The van der Waals surface area contributed by atoms with Crippen LogP contribution in [0, 0.1) is 0 Å². The summed E-state index contributed by atoms with van der Waals surface area (Å²) < 4.78 is 4.80. The average Bonchev–Trinajstić information content (AvgIpc) is 1.94. The van der Waals surface area contributed by atoms with Gasteiger partial charge in [0.15, 0.2) is 0 Å². The molecular formula is C9H18N2O3. The molecule has 14 heavy (non-hydrogen) atoms. The molecule has 0 aromatic heterocycles. The summed E-state index contributed by atoms with van der Waals surface area (Å²) in [5.74, 6) is -0.134. The fourth-order valence-corrected chi connectivity index (χ4v) is 0.713. The normalized spacial score (nSPS) is 10.6. The summed E-state index contributed by atoms with van der Waals surface area (Å²) in [5.41, 5.74) is -0.301. The largest absolute Gasteiger partial charge is 0.448 e. The second kappa shape index (κ2) is 5.47. The number of hydrogen-bond donors (Lipinski definition) is 2. The minimum Gasteiger partial charge on any atom is -0.448 e. The van der Waals surface area contributed by atoms with Crippen LogP contribution in [0.5, 0.6) is 0 Å². The van der Waals surface area contributed by atoms with Crippen molar-refractivity contribution in [2.75, 3.05) is 13.2 Å². The van der Waals surface area contributed by atoms with Gasteiger partial charge < -0.3 is 15.4 Å². The molecule has 0 atom stereocenters. The summed E-state index contributed by atoms with van der Waals surface area (Å²) >= 11 is 0. The molecule has 0 saturated carbocycles. The van der Waals surface area contributed by atoms with E-state index in [9.17, 15) is 9.59 Å². The van der Waals surface area contributed by atoms with E-state index in [1.807, 2.05) is 20.8 Å². The predicted molar refractivity (Wildman–Crippen MR) is 52.9 cm³/mol. The molecule has 0 saturated heterocycles. The first-order valence-electron chi connectivity index (χ1n) is 4.50. The van der Waals surface area contributed by atoms with Gasteiger partial charge in [-0.1, -0.05) is 0 Å². The molecule has 82 valence electrons. The third-order valence-electron chi connectivity index (χ3n) is 1.19. The van der Waals surface area contributed by atoms with Crippen molar-refractivity contribution in [1.29, 1.82) is 0 Å². The second-order valence-corrected chi connectivity index (χ2v) is 3.99. The lowest BCUT2D eigenvalue weighted by Crippen LogP contribution is -2.41. The van der Waals surface area contributed by atoms with Crippen LogP contribution in [0.2, 0.25) is 0 Å². The van der Waals surface area contributed by atoms with Crippen LogP contribution >= 0.6 is 0 Å². The van der Waals surface area contributed by atoms with Crippen molar-refractivity contribution in [2.24, 2.45) is 0 Å². The maximum Gasteiger partial charge on any atom is 0.407 e. The Bertz CT molecular complexity index is 209. The van der Waals surface area contributed by atoms with Crippen LogP contribution in [0.1, 0.15) is 27.7 Å². The molecule has 0 radical (unpaired) electrons. The molecule has 0 aliphatic heterocycles. The fourth-order valence-electron chi connectivity index (χ4n) is 0.713. The Morgan fingerprint density at radius 1 is 1.29 bits per heavy atom. The zero-order valence-electron chi connectivity index (χ0n) is 9.14. The van der Waals surface area contributed by atoms with Crippen molar-refractivity contribution in [2.45, 2.75) is 33.2 Å². The molecule has 0 heterocycles. The molecular weight excluding hydrogens is 184 g/mol. The number of alkyl carbamates (subject to hydrolysis) is 1. The Balaban J connectivity index is 3.50. The van der Waals surface area contributed by atoms with E-state index in [0.29, 0.717) is 6.54 Å². The summed E-state index contributed by atoms with van der Waals surface area (Å²) in [6.07, 6.45) is -0.470. The van der Waals surface area contributed by atoms with E-state index < -0.39 is 6.09 Å². The van der Waals surface area contributed by atoms with Gasteiger partial charge in [0.1, 0.15) is 6.61 Å². The monoisotopic (exact) mass is 202 g/mol. The third-order valence-corrected chi connectivity index (χ3v) is 1.19. The van der Waals surface area contributed by atoms with Gasteiger partial charge >= 0.3 is 6.09 Å². The van der Waals surface area contributed by atoms with Crippen LogP contribution < -0.4 is 10.6 Å². The summed E-state index contributed by atoms with van der Waals surface area (Å²) in [5, 5.41) is 5.15. The number of rotatable bonds is 3. The molecule has 0 spiro atoms. The van der Waals surface area contributed by atoms with Gasteiger partial charge in [-0.25, -0.2) is 4.79 Å². The van der Waals surface area contributed by atoms with E-state index in [0.717, 1.165) is 0 Å². The van der Waals surface area contributed by atoms with Crippen LogP contribution in [0.4, 0.5) is 4.79 Å². The molecule has 5 heteroatoms. The number of carbonyl (C=O) groups excluding carboxylic acids is 2. The number of ether oxygens (including phenoxy) is 1. The van der Waals surface area contributed by atoms with Crippen molar-refractivity contribution >= 4 is 12.0 Å². The second-order valence-electron chi connectivity index (χ2n) is 3.99. The molecule has 0 aromatic carbocycles. The number of carbonyl (C=O) groups is 2. The van der Waals surface area contributed by atoms with Crippen LogP contribution in [0.25, 0.3) is 0 Å². The van der Waals surface area contributed by atoms with Crippen LogP contribution in [-0.4, -0.2) is 30.7 Å². The lowest BCUT2D eigenvalue weighted by Gasteiger charge is -2.19. The number of hydrogen-bond acceptors (Lipinski definition) is 3. The van der Waals surface area contributed by atoms with Gasteiger partial charge in [0.2, 0.25) is 5.91 Å². The Hall–Kier alpha value is -1.26. The van der Waals surface area contributed by atoms with E-state index in [1.54, 1.807) is 0 Å². The summed E-state index contributed by atoms with van der Waals surface area (Å²) in [6.45, 7) is 7.52. The van der Waals surface area contributed by atoms with E-state index in [1.165, 1.54) is 6.92 Å². The van der Waals surface area contributed by atoms with Crippen molar-refractivity contribution in [3.63, 3.8) is 0 Å². The van der Waals surface area contributed by atoms with Crippen molar-refractivity contribution in [1.82, 2.24) is 10.6 Å². The summed E-state index contributed by atoms with van der Waals surface area (Å²) in [7, 11) is 0. The van der Waals surface area contributed by atoms with Gasteiger partial charge in [-0.05, 0) is 20.8 Å². The Morgan fingerprint density at radius 3 is 2.29 bits per heavy atom. The van der Waals surface area contributed by atoms with E-state index in [4.69, 9.17) is 4.74 Å². The highest BCUT2D eigenvalue weighted by atomic mass is 16.5. The molecule has 2 amide bonds. The van der Waals surface area contributed by atoms with Crippen molar-refractivity contribution < 1.29 is 14.3 Å². The van der Waals surface area contributed by atoms with E-state index in [-0.39, 0.29) is 18.1 Å². The van der Waals surface area contributed by atoms with Gasteiger partial charge in [0.25, 0.3) is 0 Å². The van der Waals surface area contributed by atoms with E-state index in [2.05, 4.69) is 10.6 Å². The minimum absolute atomic E-state index is 0.134. The molecule has 2 N–H and O–H groups in total. The minimum atomic E-state index is -0.470. The highest BCUT2D eigenvalue weighted by Crippen LogP contribution is 1.98. The standard InChI is InChI=1S/C9H18N2O3/c1-7(12)10-5-6-14-8(13)11-9(2,3)4/h5-6H2,1-4H3,(H,10,12)(H,11,13). The Kier molecular flexibility index (Phi) is 4.97. The maximum atomic E-state index is 11.1. The summed E-state index contributed by atoms with van der Waals surface area (Å²) in [4.78, 5) is 21.5. The molecule has 0 aliphatic carbocycles. The predicted octanol–water partition coefficient (Wildman–Crippen LogP) is 0.647. The maximum absolute atomic E-state index is 11.1. The third kappa shape index (κ3) is 8.83. The van der Waals surface area contributed by atoms with Gasteiger partial charge in [-0.2, -0.15) is 0 Å². The topological polar surface area (TPSA) is 67.4 Å². The molecule has 0 aromatic rings. The van der Waals surface area contributed by atoms with E-state index >= 15 is 0 Å². The van der Waals surface area contributed by atoms with Crippen LogP contribution in [0.15, 0.2) is 0 Å². The first-order valence-corrected chi connectivity index (χ1v) is 4.50. The van der Waals surface area contributed by atoms with Crippen molar-refractivity contribution in [3.05, 3.63) is 0 Å². The molecule has 0 fully saturated rings. The molecule has 5 nitrogen and oxygen atoms in total. The van der Waals surface area contributed by atoms with Crippen LogP contribution in [0.3, 0.4) is 0 Å². The quantitative estimate of drug-likeness (QED) is 0.660. The number of amides is 2. The smallest absolute Gasteiger partial charge is 0.407 e. The van der Waals surface area contributed by atoms with Gasteiger partial charge in [0.05, 0.1) is 6.54 Å². The SMILES string of the molecule is CC(=O)NCCOC(=O)NC(C)(C)C.